The van der Waals surface area contributed by atoms with Gasteiger partial charge in [0.2, 0.25) is 0 Å². The van der Waals surface area contributed by atoms with Crippen molar-refractivity contribution in [1.82, 2.24) is 9.97 Å². The van der Waals surface area contributed by atoms with E-state index in [0.717, 1.165) is 5.56 Å². The van der Waals surface area contributed by atoms with Gasteiger partial charge in [-0.25, -0.2) is 19.2 Å². The average molecular weight is 408 g/mol. The number of carbonyl (C=O) groups is 1. The largest absolute Gasteiger partial charge is 0.465 e. The fourth-order valence-electron chi connectivity index (χ4n) is 2.64. The first-order chi connectivity index (χ1) is 14.0. The number of benzene rings is 2. The van der Waals surface area contributed by atoms with E-state index in [2.05, 4.69) is 14.7 Å². The normalized spacial score (nSPS) is 10.4. The molecule has 0 saturated heterocycles. The second kappa shape index (κ2) is 9.17. The van der Waals surface area contributed by atoms with E-state index >= 15 is 0 Å². The van der Waals surface area contributed by atoms with Crippen molar-refractivity contribution in [1.29, 1.82) is 5.26 Å². The number of nitrogen functional groups attached to an aromatic ring is 1. The number of carbonyl (C=O) groups excluding carboxylic acids is 1. The van der Waals surface area contributed by atoms with E-state index in [9.17, 15) is 14.4 Å². The predicted octanol–water partition coefficient (Wildman–Crippen LogP) is 3.74. The van der Waals surface area contributed by atoms with Crippen LogP contribution < -0.4 is 5.73 Å². The molecule has 6 nitrogen and oxygen atoms in total. The Kier molecular flexibility index (Phi) is 6.42. The lowest BCUT2D eigenvalue weighted by atomic mass is 10.1. The molecule has 29 heavy (non-hydrogen) atoms. The Morgan fingerprint density at radius 1 is 1.21 bits per heavy atom. The lowest BCUT2D eigenvalue weighted by Gasteiger charge is -2.09. The number of nitriles is 1. The molecule has 2 N–H and O–H groups in total. The van der Waals surface area contributed by atoms with Gasteiger partial charge < -0.3 is 10.5 Å². The SMILES string of the molecule is COC(=O)c1ccc(CSc2nc(N)c(C#N)c(Cc3ccccc3F)n2)cc1. The third-order valence-corrected chi connectivity index (χ3v) is 5.08. The van der Waals surface area contributed by atoms with E-state index in [0.29, 0.717) is 27.7 Å². The van der Waals surface area contributed by atoms with Crippen molar-refractivity contribution in [3.63, 3.8) is 0 Å². The van der Waals surface area contributed by atoms with Crippen LogP contribution in [0.5, 0.6) is 0 Å². The predicted molar refractivity (Wildman–Crippen MR) is 108 cm³/mol. The molecule has 3 rings (SSSR count). The standard InChI is InChI=1S/C21H17FN4O2S/c1-28-20(27)14-8-6-13(7-9-14)12-29-21-25-18(16(11-23)19(24)26-21)10-15-4-2-3-5-17(15)22/h2-9H,10,12H2,1H3,(H2,24,25,26). The molecule has 3 aromatic rings. The van der Waals surface area contributed by atoms with Gasteiger partial charge in [-0.05, 0) is 29.3 Å². The van der Waals surface area contributed by atoms with Crippen molar-refractivity contribution in [3.8, 4) is 6.07 Å². The third-order valence-electron chi connectivity index (χ3n) is 4.16. The van der Waals surface area contributed by atoms with E-state index < -0.39 is 5.97 Å². The van der Waals surface area contributed by atoms with Gasteiger partial charge in [-0.15, -0.1) is 0 Å². The molecule has 0 amide bonds. The molecule has 0 bridgehead atoms. The Bertz CT molecular complexity index is 1080. The van der Waals surface area contributed by atoms with Gasteiger partial charge in [0.25, 0.3) is 0 Å². The number of halogens is 1. The molecule has 0 unspecified atom stereocenters. The van der Waals surface area contributed by atoms with E-state index in [1.807, 2.05) is 18.2 Å². The number of nitrogens with zero attached hydrogens (tertiary/aromatic N) is 3. The quantitative estimate of drug-likeness (QED) is 0.376. The number of ether oxygens (including phenoxy) is 1. The molecule has 0 aliphatic heterocycles. The molecule has 0 aliphatic carbocycles. The van der Waals surface area contributed by atoms with Crippen LogP contribution in [0.4, 0.5) is 10.2 Å². The third kappa shape index (κ3) is 4.89. The summed E-state index contributed by atoms with van der Waals surface area (Å²) in [5, 5.41) is 9.78. The number of esters is 1. The highest BCUT2D eigenvalue weighted by Gasteiger charge is 2.15. The van der Waals surface area contributed by atoms with Gasteiger partial charge in [-0.1, -0.05) is 42.1 Å². The Morgan fingerprint density at radius 3 is 2.59 bits per heavy atom. The Balaban J connectivity index is 1.80. The van der Waals surface area contributed by atoms with Gasteiger partial charge in [0, 0.05) is 12.2 Å². The summed E-state index contributed by atoms with van der Waals surface area (Å²) in [6.07, 6.45) is 0.143. The van der Waals surface area contributed by atoms with E-state index in [1.165, 1.54) is 24.9 Å². The zero-order valence-corrected chi connectivity index (χ0v) is 16.4. The van der Waals surface area contributed by atoms with Crippen LogP contribution in [0, 0.1) is 17.1 Å². The van der Waals surface area contributed by atoms with Crippen molar-refractivity contribution < 1.29 is 13.9 Å². The minimum atomic E-state index is -0.398. The fourth-order valence-corrected chi connectivity index (χ4v) is 3.47. The summed E-state index contributed by atoms with van der Waals surface area (Å²) >= 11 is 1.33. The molecule has 0 radical (unpaired) electrons. The fraction of sp³-hybridized carbons (Fsp3) is 0.143. The molecule has 0 fully saturated rings. The highest BCUT2D eigenvalue weighted by molar-refractivity contribution is 7.98. The zero-order chi connectivity index (χ0) is 20.8. The maximum absolute atomic E-state index is 14.0. The summed E-state index contributed by atoms with van der Waals surface area (Å²) < 4.78 is 18.7. The molecular weight excluding hydrogens is 391 g/mol. The second-order valence-electron chi connectivity index (χ2n) is 6.07. The number of methoxy groups -OCH3 is 1. The van der Waals surface area contributed by atoms with E-state index in [1.54, 1.807) is 30.3 Å². The number of thioether (sulfide) groups is 1. The smallest absolute Gasteiger partial charge is 0.337 e. The lowest BCUT2D eigenvalue weighted by Crippen LogP contribution is -2.07. The number of rotatable bonds is 6. The number of anilines is 1. The summed E-state index contributed by atoms with van der Waals surface area (Å²) in [6, 6.07) is 15.3. The van der Waals surface area contributed by atoms with Crippen LogP contribution in [0.3, 0.4) is 0 Å². The molecule has 0 saturated carbocycles. The van der Waals surface area contributed by atoms with Crippen molar-refractivity contribution >= 4 is 23.5 Å². The second-order valence-corrected chi connectivity index (χ2v) is 7.01. The maximum atomic E-state index is 14.0. The van der Waals surface area contributed by atoms with Gasteiger partial charge in [-0.2, -0.15) is 5.26 Å². The Labute approximate surface area is 171 Å². The first-order valence-electron chi connectivity index (χ1n) is 8.61. The van der Waals surface area contributed by atoms with Crippen LogP contribution in [0.1, 0.15) is 32.7 Å². The first kappa shape index (κ1) is 20.3. The lowest BCUT2D eigenvalue weighted by molar-refractivity contribution is 0.0600. The Hall–Kier alpha value is -3.44. The highest BCUT2D eigenvalue weighted by atomic mass is 32.2. The van der Waals surface area contributed by atoms with Crippen molar-refractivity contribution in [2.24, 2.45) is 0 Å². The van der Waals surface area contributed by atoms with E-state index in [-0.39, 0.29) is 23.6 Å². The number of aromatic nitrogens is 2. The van der Waals surface area contributed by atoms with Gasteiger partial charge >= 0.3 is 5.97 Å². The van der Waals surface area contributed by atoms with Crippen LogP contribution in [-0.2, 0) is 16.9 Å². The Morgan fingerprint density at radius 2 is 1.93 bits per heavy atom. The van der Waals surface area contributed by atoms with Gasteiger partial charge in [0.1, 0.15) is 23.3 Å². The monoisotopic (exact) mass is 408 g/mol. The van der Waals surface area contributed by atoms with Crippen molar-refractivity contribution in [3.05, 3.63) is 82.3 Å². The molecule has 0 atom stereocenters. The summed E-state index contributed by atoms with van der Waals surface area (Å²) in [4.78, 5) is 20.1. The molecule has 1 aromatic heterocycles. The number of hydrogen-bond donors (Lipinski definition) is 1. The average Bonchev–Trinajstić information content (AvgIpc) is 2.73. The highest BCUT2D eigenvalue weighted by Crippen LogP contribution is 2.25. The molecule has 0 spiro atoms. The molecule has 146 valence electrons. The van der Waals surface area contributed by atoms with Crippen molar-refractivity contribution in [2.75, 3.05) is 12.8 Å². The van der Waals surface area contributed by atoms with Crippen LogP contribution in [0.2, 0.25) is 0 Å². The van der Waals surface area contributed by atoms with Crippen molar-refractivity contribution in [2.45, 2.75) is 17.3 Å². The number of nitrogens with two attached hydrogens (primary N) is 1. The number of hydrogen-bond acceptors (Lipinski definition) is 7. The van der Waals surface area contributed by atoms with Crippen LogP contribution in [0.15, 0.2) is 53.7 Å². The van der Waals surface area contributed by atoms with Crippen LogP contribution in [-0.4, -0.2) is 23.0 Å². The summed E-state index contributed by atoms with van der Waals surface area (Å²) in [6.45, 7) is 0. The minimum Gasteiger partial charge on any atom is -0.465 e. The minimum absolute atomic E-state index is 0.0670. The topological polar surface area (TPSA) is 102 Å². The maximum Gasteiger partial charge on any atom is 0.337 e. The van der Waals surface area contributed by atoms with Gasteiger partial charge in [0.05, 0.1) is 18.4 Å². The van der Waals surface area contributed by atoms with Crippen LogP contribution in [0.25, 0.3) is 0 Å². The molecule has 0 aliphatic rings. The summed E-state index contributed by atoms with van der Waals surface area (Å²) in [7, 11) is 1.33. The van der Waals surface area contributed by atoms with Crippen LogP contribution >= 0.6 is 11.8 Å². The molecular formula is C21H17FN4O2S. The molecule has 2 aromatic carbocycles. The first-order valence-corrected chi connectivity index (χ1v) is 9.60. The van der Waals surface area contributed by atoms with Gasteiger partial charge in [-0.3, -0.25) is 0 Å². The summed E-state index contributed by atoms with van der Waals surface area (Å²) in [5.74, 6) is -0.164. The zero-order valence-electron chi connectivity index (χ0n) is 15.6. The molecule has 1 heterocycles. The van der Waals surface area contributed by atoms with Gasteiger partial charge in [0.15, 0.2) is 5.16 Å². The summed E-state index contributed by atoms with van der Waals surface area (Å²) in [5.41, 5.74) is 8.31. The van der Waals surface area contributed by atoms with E-state index in [4.69, 9.17) is 5.73 Å². The molecule has 8 heteroatoms.